The minimum absolute atomic E-state index is 0.540. The van der Waals surface area contributed by atoms with Gasteiger partial charge in [0.15, 0.2) is 0 Å². The van der Waals surface area contributed by atoms with E-state index in [1.54, 1.807) is 0 Å². The molecule has 2 heteroatoms. The Labute approximate surface area is 120 Å². The zero-order valence-electron chi connectivity index (χ0n) is 11.9. The summed E-state index contributed by atoms with van der Waals surface area (Å²) in [5, 5.41) is 7.60. The maximum absolute atomic E-state index is 3.78. The summed E-state index contributed by atoms with van der Waals surface area (Å²) >= 11 is 1.88. The zero-order valence-corrected chi connectivity index (χ0v) is 12.7. The molecule has 1 nitrogen and oxygen atoms in total. The van der Waals surface area contributed by atoms with Crippen LogP contribution in [-0.2, 0) is 6.42 Å². The monoisotopic (exact) mass is 273 g/mol. The molecular formula is C17H23NS. The number of rotatable bonds is 6. The molecule has 2 aromatic rings. The summed E-state index contributed by atoms with van der Waals surface area (Å²) in [5.41, 5.74) is 2.07. The highest BCUT2D eigenvalue weighted by atomic mass is 32.1. The van der Waals surface area contributed by atoms with E-state index in [1.165, 1.54) is 41.3 Å². The first-order valence-electron chi connectivity index (χ1n) is 7.41. The standard InChI is InChI=1S/C17H23NS/c1-3-10-18-16(17(2)8-9-17)11-13-12-19-15-7-5-4-6-14(13)15/h4-7,12,16,18H,3,8-11H2,1-2H3. The quantitative estimate of drug-likeness (QED) is 0.810. The second-order valence-corrected chi connectivity index (χ2v) is 7.03. The number of thiophene rings is 1. The Morgan fingerprint density at radius 3 is 2.84 bits per heavy atom. The Bertz CT molecular complexity index is 553. The van der Waals surface area contributed by atoms with Crippen LogP contribution in [0.2, 0.25) is 0 Å². The molecule has 0 aliphatic heterocycles. The molecule has 0 bridgehead atoms. The van der Waals surface area contributed by atoms with Crippen molar-refractivity contribution in [1.29, 1.82) is 0 Å². The van der Waals surface area contributed by atoms with E-state index < -0.39 is 0 Å². The third-order valence-electron chi connectivity index (χ3n) is 4.51. The molecule has 0 spiro atoms. The third kappa shape index (κ3) is 2.70. The van der Waals surface area contributed by atoms with Crippen molar-refractivity contribution in [3.05, 3.63) is 35.2 Å². The van der Waals surface area contributed by atoms with Crippen molar-refractivity contribution in [2.75, 3.05) is 6.54 Å². The van der Waals surface area contributed by atoms with Gasteiger partial charge in [-0.05, 0) is 60.0 Å². The third-order valence-corrected chi connectivity index (χ3v) is 5.52. The predicted molar refractivity (Wildman–Crippen MR) is 85.0 cm³/mol. The molecule has 19 heavy (non-hydrogen) atoms. The van der Waals surface area contributed by atoms with Crippen molar-refractivity contribution in [1.82, 2.24) is 5.32 Å². The van der Waals surface area contributed by atoms with Crippen molar-refractivity contribution >= 4 is 21.4 Å². The number of benzene rings is 1. The van der Waals surface area contributed by atoms with Crippen molar-refractivity contribution < 1.29 is 0 Å². The molecule has 1 fully saturated rings. The number of nitrogens with one attached hydrogen (secondary N) is 1. The van der Waals surface area contributed by atoms with Crippen molar-refractivity contribution in [2.24, 2.45) is 5.41 Å². The van der Waals surface area contributed by atoms with Crippen LogP contribution in [-0.4, -0.2) is 12.6 Å². The van der Waals surface area contributed by atoms with Gasteiger partial charge in [0.1, 0.15) is 0 Å². The van der Waals surface area contributed by atoms with Crippen molar-refractivity contribution in [3.63, 3.8) is 0 Å². The zero-order chi connectivity index (χ0) is 13.3. The lowest BCUT2D eigenvalue weighted by atomic mass is 9.92. The SMILES string of the molecule is CCCNC(Cc1csc2ccccc12)C1(C)CC1. The summed E-state index contributed by atoms with van der Waals surface area (Å²) in [7, 11) is 0. The summed E-state index contributed by atoms with van der Waals surface area (Å²) in [6.07, 6.45) is 5.17. The molecule has 102 valence electrons. The largest absolute Gasteiger partial charge is 0.313 e. The van der Waals surface area contributed by atoms with Gasteiger partial charge in [-0.15, -0.1) is 11.3 Å². The lowest BCUT2D eigenvalue weighted by Gasteiger charge is -2.25. The van der Waals surface area contributed by atoms with Gasteiger partial charge in [-0.3, -0.25) is 0 Å². The van der Waals surface area contributed by atoms with Crippen LogP contribution in [0.3, 0.4) is 0 Å². The fourth-order valence-electron chi connectivity index (χ4n) is 2.84. The first-order valence-corrected chi connectivity index (χ1v) is 8.29. The van der Waals surface area contributed by atoms with Crippen LogP contribution in [0.4, 0.5) is 0 Å². The molecular weight excluding hydrogens is 250 g/mol. The van der Waals surface area contributed by atoms with Crippen LogP contribution < -0.4 is 5.32 Å². The molecule has 1 unspecified atom stereocenters. The van der Waals surface area contributed by atoms with Crippen LogP contribution in [0.1, 0.15) is 38.7 Å². The van der Waals surface area contributed by atoms with E-state index in [0.29, 0.717) is 11.5 Å². The van der Waals surface area contributed by atoms with Crippen LogP contribution >= 0.6 is 11.3 Å². The number of hydrogen-bond acceptors (Lipinski definition) is 2. The van der Waals surface area contributed by atoms with E-state index >= 15 is 0 Å². The van der Waals surface area contributed by atoms with Crippen molar-refractivity contribution in [2.45, 2.75) is 45.6 Å². The minimum Gasteiger partial charge on any atom is -0.313 e. The normalized spacial score (nSPS) is 18.6. The molecule has 0 amide bonds. The molecule has 1 atom stereocenters. The molecule has 0 radical (unpaired) electrons. The summed E-state index contributed by atoms with van der Waals surface area (Å²) in [5.74, 6) is 0. The van der Waals surface area contributed by atoms with Gasteiger partial charge >= 0.3 is 0 Å². The van der Waals surface area contributed by atoms with E-state index in [1.807, 2.05) is 11.3 Å². The average molecular weight is 273 g/mol. The highest BCUT2D eigenvalue weighted by molar-refractivity contribution is 7.17. The molecule has 0 saturated heterocycles. The Morgan fingerprint density at radius 2 is 2.11 bits per heavy atom. The van der Waals surface area contributed by atoms with Crippen LogP contribution in [0.25, 0.3) is 10.1 Å². The van der Waals surface area contributed by atoms with Gasteiger partial charge in [0, 0.05) is 10.7 Å². The molecule has 3 rings (SSSR count). The lowest BCUT2D eigenvalue weighted by molar-refractivity contribution is 0.355. The van der Waals surface area contributed by atoms with Crippen LogP contribution in [0.5, 0.6) is 0 Å². The molecule has 1 aromatic carbocycles. The van der Waals surface area contributed by atoms with E-state index in [4.69, 9.17) is 0 Å². The van der Waals surface area contributed by atoms with Crippen molar-refractivity contribution in [3.8, 4) is 0 Å². The highest BCUT2D eigenvalue weighted by Gasteiger charge is 2.44. The molecule has 1 N–H and O–H groups in total. The Morgan fingerprint density at radius 1 is 1.32 bits per heavy atom. The molecule has 1 aliphatic rings. The lowest BCUT2D eigenvalue weighted by Crippen LogP contribution is -2.38. The van der Waals surface area contributed by atoms with E-state index in [0.717, 1.165) is 6.54 Å². The van der Waals surface area contributed by atoms with Crippen LogP contribution in [0, 0.1) is 5.41 Å². The fourth-order valence-corrected chi connectivity index (χ4v) is 3.82. The molecule has 1 heterocycles. The highest BCUT2D eigenvalue weighted by Crippen LogP contribution is 2.49. The van der Waals surface area contributed by atoms with E-state index in [9.17, 15) is 0 Å². The molecule has 1 aliphatic carbocycles. The van der Waals surface area contributed by atoms with Gasteiger partial charge in [-0.2, -0.15) is 0 Å². The fraction of sp³-hybridized carbons (Fsp3) is 0.529. The first-order chi connectivity index (χ1) is 9.23. The topological polar surface area (TPSA) is 12.0 Å². The van der Waals surface area contributed by atoms with Gasteiger partial charge in [0.05, 0.1) is 0 Å². The summed E-state index contributed by atoms with van der Waals surface area (Å²) in [6, 6.07) is 9.44. The predicted octanol–water partition coefficient (Wildman–Crippen LogP) is 4.61. The van der Waals surface area contributed by atoms with E-state index in [-0.39, 0.29) is 0 Å². The first kappa shape index (κ1) is 13.1. The van der Waals surface area contributed by atoms with Crippen LogP contribution in [0.15, 0.2) is 29.6 Å². The maximum atomic E-state index is 3.78. The Kier molecular flexibility index (Phi) is 3.64. The number of fused-ring (bicyclic) bond motifs is 1. The van der Waals surface area contributed by atoms with Gasteiger partial charge in [-0.1, -0.05) is 32.0 Å². The smallest absolute Gasteiger partial charge is 0.0345 e. The second-order valence-electron chi connectivity index (χ2n) is 6.12. The second kappa shape index (κ2) is 5.26. The Balaban J connectivity index is 1.81. The van der Waals surface area contributed by atoms with Gasteiger partial charge in [0.2, 0.25) is 0 Å². The summed E-state index contributed by atoms with van der Waals surface area (Å²) in [6.45, 7) is 5.83. The minimum atomic E-state index is 0.540. The Hall–Kier alpha value is -0.860. The maximum Gasteiger partial charge on any atom is 0.0345 e. The van der Waals surface area contributed by atoms with Gasteiger partial charge in [-0.25, -0.2) is 0 Å². The van der Waals surface area contributed by atoms with Gasteiger partial charge < -0.3 is 5.32 Å². The number of hydrogen-bond donors (Lipinski definition) is 1. The van der Waals surface area contributed by atoms with E-state index in [2.05, 4.69) is 48.8 Å². The molecule has 1 aromatic heterocycles. The molecule has 1 saturated carbocycles. The average Bonchev–Trinajstić information content (AvgIpc) is 3.05. The summed E-state index contributed by atoms with van der Waals surface area (Å²) in [4.78, 5) is 0. The summed E-state index contributed by atoms with van der Waals surface area (Å²) < 4.78 is 1.42. The van der Waals surface area contributed by atoms with Gasteiger partial charge in [0.25, 0.3) is 0 Å².